The minimum absolute atomic E-state index is 0.603. The standard InChI is InChI=1S/C14H20ClN3/c1-3-11(4-2)10-18-13(7-8-15)17-12-6-5-9-16-14(12)18/h5-6,9,11H,3-4,7-8,10H2,1-2H3. The third-order valence-electron chi connectivity index (χ3n) is 3.50. The average molecular weight is 266 g/mol. The van der Waals surface area contributed by atoms with Crippen LogP contribution < -0.4 is 0 Å². The molecule has 0 aliphatic carbocycles. The lowest BCUT2D eigenvalue weighted by Crippen LogP contribution is -2.13. The molecule has 0 radical (unpaired) electrons. The maximum atomic E-state index is 5.87. The fourth-order valence-electron chi connectivity index (χ4n) is 2.28. The molecule has 0 fully saturated rings. The molecule has 0 aliphatic rings. The Kier molecular flexibility index (Phi) is 4.59. The van der Waals surface area contributed by atoms with Crippen molar-refractivity contribution in [2.75, 3.05) is 5.88 Å². The predicted octanol–water partition coefficient (Wildman–Crippen LogP) is 3.65. The lowest BCUT2D eigenvalue weighted by Gasteiger charge is -2.15. The summed E-state index contributed by atoms with van der Waals surface area (Å²) >= 11 is 5.87. The van der Waals surface area contributed by atoms with Gasteiger partial charge < -0.3 is 4.57 Å². The summed E-state index contributed by atoms with van der Waals surface area (Å²) < 4.78 is 2.25. The Morgan fingerprint density at radius 1 is 1.33 bits per heavy atom. The topological polar surface area (TPSA) is 30.7 Å². The second-order valence-electron chi connectivity index (χ2n) is 4.61. The average Bonchev–Trinajstić information content (AvgIpc) is 2.74. The number of nitrogens with zero attached hydrogens (tertiary/aromatic N) is 3. The number of imidazole rings is 1. The number of aryl methyl sites for hydroxylation is 1. The fraction of sp³-hybridized carbons (Fsp3) is 0.571. The lowest BCUT2D eigenvalue weighted by atomic mass is 10.0. The molecule has 0 atom stereocenters. The van der Waals surface area contributed by atoms with E-state index in [4.69, 9.17) is 11.6 Å². The van der Waals surface area contributed by atoms with Crippen LogP contribution in [0.2, 0.25) is 0 Å². The molecule has 0 aliphatic heterocycles. The highest BCUT2D eigenvalue weighted by atomic mass is 35.5. The third-order valence-corrected chi connectivity index (χ3v) is 3.69. The highest BCUT2D eigenvalue weighted by Gasteiger charge is 2.14. The molecule has 0 spiro atoms. The number of rotatable bonds is 6. The van der Waals surface area contributed by atoms with Gasteiger partial charge in [0.1, 0.15) is 11.3 Å². The summed E-state index contributed by atoms with van der Waals surface area (Å²) in [6.07, 6.45) is 5.00. The van der Waals surface area contributed by atoms with Crippen molar-refractivity contribution in [3.63, 3.8) is 0 Å². The predicted molar refractivity (Wildman–Crippen MR) is 76.0 cm³/mol. The van der Waals surface area contributed by atoms with Gasteiger partial charge in [0.15, 0.2) is 5.65 Å². The van der Waals surface area contributed by atoms with Gasteiger partial charge in [0.25, 0.3) is 0 Å². The van der Waals surface area contributed by atoms with E-state index in [1.54, 1.807) is 0 Å². The van der Waals surface area contributed by atoms with Crippen molar-refractivity contribution in [2.45, 2.75) is 39.7 Å². The second kappa shape index (κ2) is 6.19. The van der Waals surface area contributed by atoms with Crippen LogP contribution in [0, 0.1) is 5.92 Å². The minimum atomic E-state index is 0.603. The highest BCUT2D eigenvalue weighted by Crippen LogP contribution is 2.19. The van der Waals surface area contributed by atoms with E-state index < -0.39 is 0 Å². The van der Waals surface area contributed by atoms with Gasteiger partial charge in [-0.3, -0.25) is 0 Å². The van der Waals surface area contributed by atoms with E-state index in [1.807, 2.05) is 18.3 Å². The van der Waals surface area contributed by atoms with Gasteiger partial charge in [-0.05, 0) is 18.1 Å². The van der Waals surface area contributed by atoms with Crippen LogP contribution in [0.4, 0.5) is 0 Å². The zero-order valence-electron chi connectivity index (χ0n) is 11.1. The second-order valence-corrected chi connectivity index (χ2v) is 4.98. The summed E-state index contributed by atoms with van der Waals surface area (Å²) in [6, 6.07) is 3.95. The van der Waals surface area contributed by atoms with Crippen LogP contribution in [0.25, 0.3) is 11.2 Å². The van der Waals surface area contributed by atoms with Crippen LogP contribution in [-0.2, 0) is 13.0 Å². The van der Waals surface area contributed by atoms with Crippen molar-refractivity contribution < 1.29 is 0 Å². The maximum Gasteiger partial charge on any atom is 0.159 e. The molecule has 0 bridgehead atoms. The Morgan fingerprint density at radius 3 is 2.78 bits per heavy atom. The molecule has 0 amide bonds. The van der Waals surface area contributed by atoms with E-state index >= 15 is 0 Å². The van der Waals surface area contributed by atoms with Gasteiger partial charge >= 0.3 is 0 Å². The van der Waals surface area contributed by atoms with Crippen molar-refractivity contribution in [2.24, 2.45) is 5.92 Å². The molecule has 0 saturated heterocycles. The number of fused-ring (bicyclic) bond motifs is 1. The molecule has 2 rings (SSSR count). The zero-order chi connectivity index (χ0) is 13.0. The normalized spacial score (nSPS) is 11.6. The first-order valence-electron chi connectivity index (χ1n) is 6.66. The van der Waals surface area contributed by atoms with Gasteiger partial charge in [0.05, 0.1) is 0 Å². The Morgan fingerprint density at radius 2 is 2.11 bits per heavy atom. The summed E-state index contributed by atoms with van der Waals surface area (Å²) in [6.45, 7) is 5.47. The summed E-state index contributed by atoms with van der Waals surface area (Å²) in [7, 11) is 0. The van der Waals surface area contributed by atoms with Crippen LogP contribution in [0.5, 0.6) is 0 Å². The number of pyridine rings is 1. The number of hydrogen-bond donors (Lipinski definition) is 0. The zero-order valence-corrected chi connectivity index (χ0v) is 11.8. The smallest absolute Gasteiger partial charge is 0.159 e. The summed E-state index contributed by atoms with van der Waals surface area (Å²) in [5, 5.41) is 0. The molecule has 98 valence electrons. The molecule has 0 unspecified atom stereocenters. The van der Waals surface area contributed by atoms with Crippen molar-refractivity contribution in [3.05, 3.63) is 24.2 Å². The summed E-state index contributed by atoms with van der Waals surface area (Å²) in [5.74, 6) is 2.34. The van der Waals surface area contributed by atoms with Crippen LogP contribution in [-0.4, -0.2) is 20.4 Å². The van der Waals surface area contributed by atoms with E-state index in [0.29, 0.717) is 11.8 Å². The number of aromatic nitrogens is 3. The van der Waals surface area contributed by atoms with Gasteiger partial charge in [-0.1, -0.05) is 26.7 Å². The minimum Gasteiger partial charge on any atom is -0.312 e. The van der Waals surface area contributed by atoms with Crippen molar-refractivity contribution in [3.8, 4) is 0 Å². The van der Waals surface area contributed by atoms with E-state index in [-0.39, 0.29) is 0 Å². The van der Waals surface area contributed by atoms with Crippen LogP contribution in [0.1, 0.15) is 32.5 Å². The number of halogens is 1. The van der Waals surface area contributed by atoms with Gasteiger partial charge in [0, 0.05) is 25.0 Å². The molecule has 0 saturated carbocycles. The molecule has 2 aromatic heterocycles. The first-order chi connectivity index (χ1) is 8.80. The molecule has 18 heavy (non-hydrogen) atoms. The molecule has 3 nitrogen and oxygen atoms in total. The van der Waals surface area contributed by atoms with E-state index in [2.05, 4.69) is 28.4 Å². The quantitative estimate of drug-likeness (QED) is 0.747. The van der Waals surface area contributed by atoms with Crippen molar-refractivity contribution >= 4 is 22.8 Å². The Balaban J connectivity index is 2.41. The van der Waals surface area contributed by atoms with Gasteiger partial charge in [-0.25, -0.2) is 9.97 Å². The molecular formula is C14H20ClN3. The van der Waals surface area contributed by atoms with E-state index in [9.17, 15) is 0 Å². The van der Waals surface area contributed by atoms with Crippen molar-refractivity contribution in [1.82, 2.24) is 14.5 Å². The molecular weight excluding hydrogens is 246 g/mol. The SMILES string of the molecule is CCC(CC)Cn1c(CCCl)nc2cccnc21. The molecule has 2 aromatic rings. The summed E-state index contributed by atoms with van der Waals surface area (Å²) in [4.78, 5) is 9.10. The Hall–Kier alpha value is -1.09. The number of hydrogen-bond acceptors (Lipinski definition) is 2. The molecule has 0 N–H and O–H groups in total. The third kappa shape index (κ3) is 2.66. The maximum absolute atomic E-state index is 5.87. The van der Waals surface area contributed by atoms with Crippen molar-refractivity contribution in [1.29, 1.82) is 0 Å². The molecule has 4 heteroatoms. The fourth-order valence-corrected chi connectivity index (χ4v) is 2.45. The van der Waals surface area contributed by atoms with Gasteiger partial charge in [0.2, 0.25) is 0 Å². The number of alkyl halides is 1. The van der Waals surface area contributed by atoms with Crippen LogP contribution in [0.3, 0.4) is 0 Å². The first kappa shape index (κ1) is 13.3. The monoisotopic (exact) mass is 265 g/mol. The van der Waals surface area contributed by atoms with Crippen LogP contribution in [0.15, 0.2) is 18.3 Å². The van der Waals surface area contributed by atoms with E-state index in [1.165, 1.54) is 12.8 Å². The Labute approximate surface area is 113 Å². The van der Waals surface area contributed by atoms with Gasteiger partial charge in [-0.15, -0.1) is 11.6 Å². The largest absolute Gasteiger partial charge is 0.312 e. The summed E-state index contributed by atoms with van der Waals surface area (Å²) in [5.41, 5.74) is 1.97. The van der Waals surface area contributed by atoms with Gasteiger partial charge in [-0.2, -0.15) is 0 Å². The first-order valence-corrected chi connectivity index (χ1v) is 7.19. The van der Waals surface area contributed by atoms with Crippen LogP contribution >= 0.6 is 11.6 Å². The van der Waals surface area contributed by atoms with E-state index in [0.717, 1.165) is 30.0 Å². The highest BCUT2D eigenvalue weighted by molar-refractivity contribution is 6.17. The Bertz CT molecular complexity index is 503. The molecule has 0 aromatic carbocycles. The molecule has 2 heterocycles. The lowest BCUT2D eigenvalue weighted by molar-refractivity contribution is 0.416.